The smallest absolute Gasteiger partial charge is 0.336 e. The van der Waals surface area contributed by atoms with Gasteiger partial charge in [-0.05, 0) is 57.0 Å². The summed E-state index contributed by atoms with van der Waals surface area (Å²) in [5.74, 6) is 0.620. The molecule has 0 aliphatic rings. The molecular formula is C19H22O4. The highest BCUT2D eigenvalue weighted by Gasteiger charge is 2.04. The van der Waals surface area contributed by atoms with Crippen molar-refractivity contribution in [2.24, 2.45) is 0 Å². The summed E-state index contributed by atoms with van der Waals surface area (Å²) in [5, 5.41) is 10.9. The lowest BCUT2D eigenvalue weighted by molar-refractivity contribution is 0.212. The summed E-state index contributed by atoms with van der Waals surface area (Å²) in [4.78, 5) is 11.2. The molecule has 2 rings (SSSR count). The number of allylic oxidation sites excluding steroid dienone is 1. The van der Waals surface area contributed by atoms with Gasteiger partial charge in [0.1, 0.15) is 17.9 Å². The van der Waals surface area contributed by atoms with E-state index in [1.54, 1.807) is 12.1 Å². The molecule has 1 N–H and O–H groups in total. The van der Waals surface area contributed by atoms with E-state index in [-0.39, 0.29) is 5.63 Å². The fraction of sp³-hybridized carbons (Fsp3) is 0.316. The van der Waals surface area contributed by atoms with Gasteiger partial charge in [0.15, 0.2) is 0 Å². The molecule has 0 radical (unpaired) electrons. The number of fused-ring (bicyclic) bond motifs is 1. The minimum Gasteiger partial charge on any atom is -0.489 e. The summed E-state index contributed by atoms with van der Waals surface area (Å²) in [6.45, 7) is 6.24. The minimum absolute atomic E-state index is 0.348. The summed E-state index contributed by atoms with van der Waals surface area (Å²) in [7, 11) is 0. The zero-order valence-electron chi connectivity index (χ0n) is 13.7. The first-order valence-corrected chi connectivity index (χ1v) is 7.60. The maximum atomic E-state index is 11.2. The second-order valence-corrected chi connectivity index (χ2v) is 5.75. The summed E-state index contributed by atoms with van der Waals surface area (Å²) in [6.07, 6.45) is 3.97. The normalized spacial score (nSPS) is 13.0. The van der Waals surface area contributed by atoms with E-state index in [9.17, 15) is 9.90 Å². The maximum absolute atomic E-state index is 11.2. The summed E-state index contributed by atoms with van der Waals surface area (Å²) < 4.78 is 10.8. The molecule has 1 aromatic carbocycles. The van der Waals surface area contributed by atoms with E-state index in [1.165, 1.54) is 11.6 Å². The number of benzene rings is 1. The Labute approximate surface area is 135 Å². The predicted octanol–water partition coefficient (Wildman–Crippen LogP) is 3.84. The first-order chi connectivity index (χ1) is 11.0. The van der Waals surface area contributed by atoms with Gasteiger partial charge in [0.05, 0.1) is 6.10 Å². The van der Waals surface area contributed by atoms with Gasteiger partial charge in [-0.15, -0.1) is 0 Å². The van der Waals surface area contributed by atoms with Gasteiger partial charge < -0.3 is 14.3 Å². The number of rotatable bonds is 6. The third-order valence-corrected chi connectivity index (χ3v) is 3.52. The predicted molar refractivity (Wildman–Crippen MR) is 91.8 cm³/mol. The highest BCUT2D eigenvalue weighted by atomic mass is 16.5. The molecule has 1 unspecified atom stereocenters. The molecule has 122 valence electrons. The SMILES string of the molecule is CC(C)=CCC(O)C(C)=CCOc1ccc2ccc(=O)oc2c1. The molecular weight excluding hydrogens is 292 g/mol. The van der Waals surface area contributed by atoms with Crippen LogP contribution in [0.1, 0.15) is 27.2 Å². The van der Waals surface area contributed by atoms with Crippen LogP contribution in [0.2, 0.25) is 0 Å². The van der Waals surface area contributed by atoms with Gasteiger partial charge in [-0.25, -0.2) is 4.79 Å². The first-order valence-electron chi connectivity index (χ1n) is 7.60. The van der Waals surface area contributed by atoms with Crippen LogP contribution in [0.4, 0.5) is 0 Å². The number of hydrogen-bond donors (Lipinski definition) is 1. The van der Waals surface area contributed by atoms with Crippen LogP contribution in [0.3, 0.4) is 0 Å². The van der Waals surface area contributed by atoms with Crippen LogP contribution in [0.15, 0.2) is 62.8 Å². The molecule has 1 atom stereocenters. The molecule has 2 aromatic rings. The Morgan fingerprint density at radius 2 is 1.96 bits per heavy atom. The van der Waals surface area contributed by atoms with E-state index in [0.717, 1.165) is 11.0 Å². The van der Waals surface area contributed by atoms with E-state index in [0.29, 0.717) is 24.4 Å². The van der Waals surface area contributed by atoms with Crippen molar-refractivity contribution in [1.82, 2.24) is 0 Å². The number of aliphatic hydroxyl groups excluding tert-OH is 1. The molecule has 0 saturated heterocycles. The largest absolute Gasteiger partial charge is 0.489 e. The lowest BCUT2D eigenvalue weighted by atomic mass is 10.1. The minimum atomic E-state index is -0.497. The van der Waals surface area contributed by atoms with E-state index in [2.05, 4.69) is 0 Å². The van der Waals surface area contributed by atoms with Gasteiger partial charge >= 0.3 is 5.63 Å². The quantitative estimate of drug-likeness (QED) is 0.650. The van der Waals surface area contributed by atoms with Crippen molar-refractivity contribution < 1.29 is 14.3 Å². The number of hydrogen-bond acceptors (Lipinski definition) is 4. The van der Waals surface area contributed by atoms with Crippen LogP contribution in [0.5, 0.6) is 5.75 Å². The molecule has 0 spiro atoms. The summed E-state index contributed by atoms with van der Waals surface area (Å²) >= 11 is 0. The van der Waals surface area contributed by atoms with Crippen LogP contribution in [0.25, 0.3) is 11.0 Å². The Kier molecular flexibility index (Phi) is 5.77. The van der Waals surface area contributed by atoms with Crippen molar-refractivity contribution in [2.75, 3.05) is 6.61 Å². The van der Waals surface area contributed by atoms with Crippen LogP contribution in [-0.4, -0.2) is 17.8 Å². The molecule has 23 heavy (non-hydrogen) atoms. The van der Waals surface area contributed by atoms with E-state index in [4.69, 9.17) is 9.15 Å². The van der Waals surface area contributed by atoms with Gasteiger partial charge in [0.2, 0.25) is 0 Å². The highest BCUT2D eigenvalue weighted by Crippen LogP contribution is 2.19. The van der Waals surface area contributed by atoms with Crippen LogP contribution in [-0.2, 0) is 0 Å². The van der Waals surface area contributed by atoms with Crippen molar-refractivity contribution in [1.29, 1.82) is 0 Å². The highest BCUT2D eigenvalue weighted by molar-refractivity contribution is 5.77. The van der Waals surface area contributed by atoms with Crippen LogP contribution in [0, 0.1) is 0 Å². The first kappa shape index (κ1) is 17.0. The van der Waals surface area contributed by atoms with Gasteiger partial charge in [0.25, 0.3) is 0 Å². The monoisotopic (exact) mass is 314 g/mol. The van der Waals surface area contributed by atoms with Crippen molar-refractivity contribution in [2.45, 2.75) is 33.3 Å². The Bertz CT molecular complexity index is 779. The molecule has 0 fully saturated rings. The van der Waals surface area contributed by atoms with Gasteiger partial charge in [-0.1, -0.05) is 11.6 Å². The van der Waals surface area contributed by atoms with E-state index in [1.807, 2.05) is 45.1 Å². The Morgan fingerprint density at radius 3 is 2.70 bits per heavy atom. The zero-order valence-corrected chi connectivity index (χ0v) is 13.7. The van der Waals surface area contributed by atoms with Gasteiger partial charge in [-0.2, -0.15) is 0 Å². The molecule has 0 bridgehead atoms. The van der Waals surface area contributed by atoms with Crippen molar-refractivity contribution in [3.05, 3.63) is 64.1 Å². The van der Waals surface area contributed by atoms with Crippen LogP contribution < -0.4 is 10.4 Å². The number of ether oxygens (including phenoxy) is 1. The lowest BCUT2D eigenvalue weighted by Gasteiger charge is -2.10. The topological polar surface area (TPSA) is 59.7 Å². The molecule has 4 nitrogen and oxygen atoms in total. The second kappa shape index (κ2) is 7.79. The van der Waals surface area contributed by atoms with E-state index < -0.39 is 6.10 Å². The third kappa shape index (κ3) is 5.11. The Hall–Kier alpha value is -2.33. The van der Waals surface area contributed by atoms with Gasteiger partial charge in [-0.3, -0.25) is 0 Å². The molecule has 0 aliphatic heterocycles. The second-order valence-electron chi connectivity index (χ2n) is 5.75. The van der Waals surface area contributed by atoms with Crippen LogP contribution >= 0.6 is 0 Å². The molecule has 0 amide bonds. The Balaban J connectivity index is 1.99. The van der Waals surface area contributed by atoms with Crippen molar-refractivity contribution in [3.8, 4) is 5.75 Å². The zero-order chi connectivity index (χ0) is 16.8. The van der Waals surface area contributed by atoms with Crippen molar-refractivity contribution >= 4 is 11.0 Å². The number of aliphatic hydroxyl groups is 1. The standard InChI is InChI=1S/C19H22O4/c1-13(2)4-8-17(20)14(3)10-11-22-16-7-5-15-6-9-19(21)23-18(15)12-16/h4-7,9-10,12,17,20H,8,11H2,1-3H3. The summed E-state index contributed by atoms with van der Waals surface area (Å²) in [6, 6.07) is 8.47. The fourth-order valence-corrected chi connectivity index (χ4v) is 2.07. The van der Waals surface area contributed by atoms with Crippen molar-refractivity contribution in [3.63, 3.8) is 0 Å². The molecule has 4 heteroatoms. The third-order valence-electron chi connectivity index (χ3n) is 3.52. The molecule has 0 saturated carbocycles. The molecule has 1 aromatic heterocycles. The van der Waals surface area contributed by atoms with E-state index >= 15 is 0 Å². The average molecular weight is 314 g/mol. The lowest BCUT2D eigenvalue weighted by Crippen LogP contribution is -2.08. The fourth-order valence-electron chi connectivity index (χ4n) is 2.07. The molecule has 0 aliphatic carbocycles. The van der Waals surface area contributed by atoms with Gasteiger partial charge in [0, 0.05) is 17.5 Å². The maximum Gasteiger partial charge on any atom is 0.336 e. The average Bonchev–Trinajstić information content (AvgIpc) is 2.52. The molecule has 1 heterocycles. The Morgan fingerprint density at radius 1 is 1.22 bits per heavy atom. The summed E-state index contributed by atoms with van der Waals surface area (Å²) in [5.41, 5.74) is 2.17.